The van der Waals surface area contributed by atoms with Crippen LogP contribution in [-0.4, -0.2) is 18.2 Å². The van der Waals surface area contributed by atoms with Gasteiger partial charge in [0.05, 0.1) is 10.9 Å². The molecule has 0 spiro atoms. The Morgan fingerprint density at radius 3 is 2.03 bits per heavy atom. The van der Waals surface area contributed by atoms with Gasteiger partial charge in [-0.2, -0.15) is 0 Å². The standard InChI is InChI=1S/C34H35O3S/c1-24-19-31(38(29-11-7-5-8-12-29)30-13-9-6-10-14-30)20-25(2)33(24)36-23-32(35)37-34(3,4)18-17-28-22-26-15-16-27(28)21-26/h5-16,19-20,26-28H,21-23H2,1-4H3/q+1. The summed E-state index contributed by atoms with van der Waals surface area (Å²) in [4.78, 5) is 16.4. The van der Waals surface area contributed by atoms with Gasteiger partial charge in [-0.05, 0) is 87.8 Å². The van der Waals surface area contributed by atoms with E-state index in [0.717, 1.165) is 23.3 Å². The molecule has 2 aliphatic rings. The third-order valence-corrected chi connectivity index (χ3v) is 9.36. The number of allylic oxidation sites excluding steroid dienone is 2. The van der Waals surface area contributed by atoms with Gasteiger partial charge in [0.1, 0.15) is 5.75 Å². The van der Waals surface area contributed by atoms with Gasteiger partial charge < -0.3 is 9.47 Å². The molecule has 0 N–H and O–H groups in total. The van der Waals surface area contributed by atoms with Crippen molar-refractivity contribution in [3.63, 3.8) is 0 Å². The van der Waals surface area contributed by atoms with Crippen LogP contribution in [0.15, 0.2) is 99.6 Å². The van der Waals surface area contributed by atoms with Crippen LogP contribution in [0.25, 0.3) is 0 Å². The molecule has 0 aromatic heterocycles. The average Bonchev–Trinajstić information content (AvgIpc) is 3.52. The Bertz CT molecular complexity index is 1320. The number of ether oxygens (including phenoxy) is 2. The predicted molar refractivity (Wildman–Crippen MR) is 153 cm³/mol. The van der Waals surface area contributed by atoms with Crippen molar-refractivity contribution >= 4 is 16.9 Å². The highest BCUT2D eigenvalue weighted by Crippen LogP contribution is 2.43. The van der Waals surface area contributed by atoms with E-state index in [2.05, 4.69) is 84.7 Å². The van der Waals surface area contributed by atoms with Crippen LogP contribution in [0.2, 0.25) is 0 Å². The van der Waals surface area contributed by atoms with Crippen LogP contribution in [0, 0.1) is 43.4 Å². The first kappa shape index (κ1) is 26.2. The van der Waals surface area contributed by atoms with Crippen LogP contribution in [0.5, 0.6) is 5.75 Å². The Hall–Kier alpha value is -3.42. The Morgan fingerprint density at radius 2 is 1.50 bits per heavy atom. The smallest absolute Gasteiger partial charge is 0.345 e. The van der Waals surface area contributed by atoms with Gasteiger partial charge in [0.2, 0.25) is 0 Å². The lowest BCUT2D eigenvalue weighted by Crippen LogP contribution is -2.29. The summed E-state index contributed by atoms with van der Waals surface area (Å²) in [5.74, 6) is 8.51. The first-order valence-corrected chi connectivity index (χ1v) is 14.5. The molecule has 3 aromatic carbocycles. The first-order valence-electron chi connectivity index (χ1n) is 13.3. The molecule has 2 bridgehead atoms. The van der Waals surface area contributed by atoms with Crippen molar-refractivity contribution in [1.82, 2.24) is 0 Å². The van der Waals surface area contributed by atoms with Crippen molar-refractivity contribution in [3.05, 3.63) is 96.1 Å². The molecule has 5 rings (SSSR count). The molecule has 38 heavy (non-hydrogen) atoms. The summed E-state index contributed by atoms with van der Waals surface area (Å²) in [5.41, 5.74) is 1.15. The minimum atomic E-state index is -0.848. The second-order valence-electron chi connectivity index (χ2n) is 10.7. The predicted octanol–water partition coefficient (Wildman–Crippen LogP) is 7.32. The summed E-state index contributed by atoms with van der Waals surface area (Å²) in [6, 6.07) is 25.5. The van der Waals surface area contributed by atoms with Crippen molar-refractivity contribution in [2.75, 3.05) is 6.61 Å². The van der Waals surface area contributed by atoms with Gasteiger partial charge in [-0.15, -0.1) is 0 Å². The number of carbonyl (C=O) groups excluding carboxylic acids is 1. The van der Waals surface area contributed by atoms with Crippen LogP contribution >= 0.6 is 0 Å². The largest absolute Gasteiger partial charge is 0.481 e. The third kappa shape index (κ3) is 6.00. The molecule has 0 aliphatic heterocycles. The fourth-order valence-electron chi connectivity index (χ4n) is 5.46. The number of carbonyl (C=O) groups is 1. The highest BCUT2D eigenvalue weighted by molar-refractivity contribution is 7.97. The molecule has 0 saturated heterocycles. The number of hydrogen-bond donors (Lipinski definition) is 0. The second-order valence-corrected chi connectivity index (χ2v) is 12.8. The molecule has 1 saturated carbocycles. The maximum absolute atomic E-state index is 12.7. The van der Waals surface area contributed by atoms with E-state index in [1.807, 2.05) is 39.8 Å². The molecule has 0 radical (unpaired) electrons. The summed E-state index contributed by atoms with van der Waals surface area (Å²) in [5, 5.41) is 0. The molecule has 194 valence electrons. The number of fused-ring (bicyclic) bond motifs is 2. The van der Waals surface area contributed by atoms with E-state index in [0.29, 0.717) is 17.8 Å². The van der Waals surface area contributed by atoms with Crippen molar-refractivity contribution in [3.8, 4) is 17.6 Å². The van der Waals surface area contributed by atoms with Crippen LogP contribution in [0.3, 0.4) is 0 Å². The van der Waals surface area contributed by atoms with E-state index in [9.17, 15) is 4.79 Å². The van der Waals surface area contributed by atoms with Crippen LogP contribution in [0.4, 0.5) is 0 Å². The van der Waals surface area contributed by atoms with E-state index in [1.165, 1.54) is 21.1 Å². The summed E-state index contributed by atoms with van der Waals surface area (Å²) >= 11 is 0. The Labute approximate surface area is 229 Å². The summed E-state index contributed by atoms with van der Waals surface area (Å²) in [6.07, 6.45) is 6.93. The normalized spacial score (nSPS) is 19.8. The Morgan fingerprint density at radius 1 is 0.895 bits per heavy atom. The zero-order chi connectivity index (χ0) is 26.7. The van der Waals surface area contributed by atoms with Gasteiger partial charge >= 0.3 is 5.97 Å². The van der Waals surface area contributed by atoms with Gasteiger partial charge in [-0.25, -0.2) is 4.79 Å². The molecule has 2 aliphatic carbocycles. The zero-order valence-corrected chi connectivity index (χ0v) is 23.4. The van der Waals surface area contributed by atoms with Crippen LogP contribution in [0.1, 0.15) is 37.8 Å². The quantitative estimate of drug-likeness (QED) is 0.141. The van der Waals surface area contributed by atoms with Crippen molar-refractivity contribution in [2.24, 2.45) is 17.8 Å². The van der Waals surface area contributed by atoms with Gasteiger partial charge in [0.25, 0.3) is 0 Å². The average molecular weight is 524 g/mol. The maximum atomic E-state index is 12.7. The fraction of sp³-hybridized carbons (Fsp3) is 0.324. The first-order chi connectivity index (χ1) is 18.3. The highest BCUT2D eigenvalue weighted by atomic mass is 32.2. The molecule has 3 aromatic rings. The Kier molecular flexibility index (Phi) is 7.68. The summed E-state index contributed by atoms with van der Waals surface area (Å²) in [6.45, 7) is 7.62. The van der Waals surface area contributed by atoms with Crippen molar-refractivity contribution < 1.29 is 14.3 Å². The van der Waals surface area contributed by atoms with Gasteiger partial charge in [0, 0.05) is 18.1 Å². The molecule has 3 unspecified atom stereocenters. The van der Waals surface area contributed by atoms with Crippen molar-refractivity contribution in [2.45, 2.75) is 60.8 Å². The molecule has 0 amide bonds. The molecular formula is C34H35O3S+. The lowest BCUT2D eigenvalue weighted by atomic mass is 9.93. The number of rotatable bonds is 7. The topological polar surface area (TPSA) is 35.5 Å². The molecular weight excluding hydrogens is 488 g/mol. The number of aryl methyl sites for hydroxylation is 2. The fourth-order valence-corrected chi connectivity index (χ4v) is 7.73. The van der Waals surface area contributed by atoms with Gasteiger partial charge in [-0.3, -0.25) is 0 Å². The Balaban J connectivity index is 1.27. The van der Waals surface area contributed by atoms with E-state index in [4.69, 9.17) is 9.47 Å². The SMILES string of the molecule is Cc1cc([S+](c2ccccc2)c2ccccc2)cc(C)c1OCC(=O)OC(C)(C)C#CC1CC2C=CC1C2. The van der Waals surface area contributed by atoms with E-state index < -0.39 is 11.6 Å². The van der Waals surface area contributed by atoms with E-state index in [-0.39, 0.29) is 17.5 Å². The minimum Gasteiger partial charge on any atom is -0.481 e. The zero-order valence-electron chi connectivity index (χ0n) is 22.6. The number of hydrogen-bond acceptors (Lipinski definition) is 3. The van der Waals surface area contributed by atoms with Gasteiger partial charge in [0.15, 0.2) is 26.9 Å². The third-order valence-electron chi connectivity index (χ3n) is 7.17. The monoisotopic (exact) mass is 523 g/mol. The molecule has 0 heterocycles. The van der Waals surface area contributed by atoms with Crippen LogP contribution in [-0.2, 0) is 20.4 Å². The van der Waals surface area contributed by atoms with Gasteiger partial charge in [-0.1, -0.05) is 60.4 Å². The van der Waals surface area contributed by atoms with Crippen LogP contribution < -0.4 is 4.74 Å². The maximum Gasteiger partial charge on any atom is 0.345 e. The second kappa shape index (κ2) is 11.1. The number of benzene rings is 3. The molecule has 1 fully saturated rings. The van der Waals surface area contributed by atoms with E-state index in [1.54, 1.807) is 0 Å². The number of esters is 1. The molecule has 4 heteroatoms. The minimum absolute atomic E-state index is 0.147. The lowest BCUT2D eigenvalue weighted by Gasteiger charge is -2.20. The lowest BCUT2D eigenvalue weighted by molar-refractivity contribution is -0.154. The molecule has 3 nitrogen and oxygen atoms in total. The summed E-state index contributed by atoms with van der Waals surface area (Å²) in [7, 11) is -0.241. The van der Waals surface area contributed by atoms with E-state index >= 15 is 0 Å². The summed E-state index contributed by atoms with van der Waals surface area (Å²) < 4.78 is 11.7. The highest BCUT2D eigenvalue weighted by Gasteiger charge is 2.35. The molecule has 3 atom stereocenters. The van der Waals surface area contributed by atoms with Crippen molar-refractivity contribution in [1.29, 1.82) is 0 Å².